The molecule has 0 aliphatic rings. The number of aromatic hydroxyl groups is 1. The molecule has 2 aromatic carbocycles. The van der Waals surface area contributed by atoms with Crippen LogP contribution in [0.15, 0.2) is 52.1 Å². The monoisotopic (exact) mass is 437 g/mol. The quantitative estimate of drug-likeness (QED) is 0.361. The van der Waals surface area contributed by atoms with Crippen LogP contribution in [0, 0.1) is 6.92 Å². The van der Waals surface area contributed by atoms with E-state index in [-0.39, 0.29) is 40.3 Å². The van der Waals surface area contributed by atoms with Crippen LogP contribution in [0.3, 0.4) is 0 Å². The third-order valence-electron chi connectivity index (χ3n) is 5.20. The molecule has 0 aliphatic heterocycles. The number of aryl methyl sites for hydroxylation is 1. The number of nitrogens with zero attached hydrogens (tertiary/aromatic N) is 1. The number of aromatic amines is 2. The van der Waals surface area contributed by atoms with Crippen LogP contribution in [-0.4, -0.2) is 40.2 Å². The number of anilines is 3. The molecular formula is C23H27N5O4. The summed E-state index contributed by atoms with van der Waals surface area (Å²) < 4.78 is 0. The van der Waals surface area contributed by atoms with Gasteiger partial charge in [0, 0.05) is 14.1 Å². The predicted molar refractivity (Wildman–Crippen MR) is 125 cm³/mol. The van der Waals surface area contributed by atoms with E-state index in [4.69, 9.17) is 0 Å². The van der Waals surface area contributed by atoms with E-state index in [1.807, 2.05) is 37.3 Å². The van der Waals surface area contributed by atoms with Gasteiger partial charge in [-0.3, -0.25) is 24.6 Å². The summed E-state index contributed by atoms with van der Waals surface area (Å²) in [7, 11) is 3.15. The minimum atomic E-state index is -0.585. The summed E-state index contributed by atoms with van der Waals surface area (Å²) in [6.07, 6.45) is 0.660. The highest BCUT2D eigenvalue weighted by Crippen LogP contribution is 2.35. The van der Waals surface area contributed by atoms with Gasteiger partial charge in [-0.2, -0.15) is 0 Å². The van der Waals surface area contributed by atoms with Gasteiger partial charge < -0.3 is 20.6 Å². The Bertz CT molecular complexity index is 1230. The summed E-state index contributed by atoms with van der Waals surface area (Å²) in [4.78, 5) is 39.1. The van der Waals surface area contributed by atoms with Gasteiger partial charge in [0.05, 0.1) is 17.3 Å². The van der Waals surface area contributed by atoms with Crippen LogP contribution in [0.1, 0.15) is 40.9 Å². The maximum atomic E-state index is 12.7. The minimum absolute atomic E-state index is 0.0348. The molecule has 1 heterocycles. The topological polar surface area (TPSA) is 130 Å². The number of H-pyrrole nitrogens is 2. The zero-order chi connectivity index (χ0) is 23.4. The summed E-state index contributed by atoms with van der Waals surface area (Å²) in [6, 6.07) is 12.5. The van der Waals surface area contributed by atoms with Crippen LogP contribution in [-0.2, 0) is 0 Å². The molecule has 1 unspecified atom stereocenters. The first kappa shape index (κ1) is 22.7. The number of nitrogens with one attached hydrogen (secondary N) is 4. The number of phenols is 1. The lowest BCUT2D eigenvalue weighted by molar-refractivity contribution is 0.0824. The van der Waals surface area contributed by atoms with Crippen LogP contribution in [0.5, 0.6) is 5.75 Å². The van der Waals surface area contributed by atoms with Gasteiger partial charge in [0.15, 0.2) is 5.75 Å². The molecule has 3 aromatic rings. The van der Waals surface area contributed by atoms with Gasteiger partial charge in [-0.25, -0.2) is 0 Å². The molecule has 1 aromatic heterocycles. The van der Waals surface area contributed by atoms with Gasteiger partial charge in [0.1, 0.15) is 11.4 Å². The smallest absolute Gasteiger partial charge is 0.288 e. The molecule has 0 spiro atoms. The molecular weight excluding hydrogens is 410 g/mol. The van der Waals surface area contributed by atoms with E-state index in [0.717, 1.165) is 5.56 Å². The Labute approximate surface area is 185 Å². The number of benzene rings is 2. The SMILES string of the molecule is CCC(Nc1c(Nc2c(C)ccc(C(=O)N(C)C)c2O)c(=O)[nH][nH]c1=O)c1ccccc1. The van der Waals surface area contributed by atoms with Crippen LogP contribution in [0.25, 0.3) is 0 Å². The fourth-order valence-electron chi connectivity index (χ4n) is 3.39. The van der Waals surface area contributed by atoms with E-state index in [9.17, 15) is 19.5 Å². The van der Waals surface area contributed by atoms with Gasteiger partial charge in [0.2, 0.25) is 0 Å². The number of carbonyl (C=O) groups is 1. The number of amides is 1. The van der Waals surface area contributed by atoms with E-state index in [0.29, 0.717) is 12.0 Å². The molecule has 0 saturated heterocycles. The molecule has 0 aliphatic carbocycles. The van der Waals surface area contributed by atoms with E-state index in [1.165, 1.54) is 11.0 Å². The summed E-state index contributed by atoms with van der Waals surface area (Å²) in [5.41, 5.74) is 0.664. The normalized spacial score (nSPS) is 11.6. The Hall–Kier alpha value is -4.01. The van der Waals surface area contributed by atoms with Crippen molar-refractivity contribution in [3.05, 3.63) is 79.9 Å². The lowest BCUT2D eigenvalue weighted by Gasteiger charge is -2.21. The second-order valence-corrected chi connectivity index (χ2v) is 7.65. The number of hydrogen-bond donors (Lipinski definition) is 5. The molecule has 5 N–H and O–H groups in total. The summed E-state index contributed by atoms with van der Waals surface area (Å²) in [5.74, 6) is -0.691. The summed E-state index contributed by atoms with van der Waals surface area (Å²) >= 11 is 0. The highest BCUT2D eigenvalue weighted by molar-refractivity contribution is 5.99. The van der Waals surface area contributed by atoms with Gasteiger partial charge >= 0.3 is 0 Å². The highest BCUT2D eigenvalue weighted by atomic mass is 16.3. The van der Waals surface area contributed by atoms with Crippen molar-refractivity contribution in [1.82, 2.24) is 15.1 Å². The zero-order valence-corrected chi connectivity index (χ0v) is 18.4. The number of hydrogen-bond acceptors (Lipinski definition) is 6. The van der Waals surface area contributed by atoms with Gasteiger partial charge in [0.25, 0.3) is 17.0 Å². The second-order valence-electron chi connectivity index (χ2n) is 7.65. The largest absolute Gasteiger partial charge is 0.505 e. The lowest BCUT2D eigenvalue weighted by Crippen LogP contribution is -2.27. The maximum absolute atomic E-state index is 12.7. The van der Waals surface area contributed by atoms with Crippen LogP contribution in [0.2, 0.25) is 0 Å². The van der Waals surface area contributed by atoms with Gasteiger partial charge in [-0.15, -0.1) is 0 Å². The van der Waals surface area contributed by atoms with Crippen molar-refractivity contribution in [3.8, 4) is 5.75 Å². The average Bonchev–Trinajstić information content (AvgIpc) is 2.78. The van der Waals surface area contributed by atoms with Crippen LogP contribution >= 0.6 is 0 Å². The predicted octanol–water partition coefficient (Wildman–Crippen LogP) is 3.09. The molecule has 0 radical (unpaired) electrons. The number of carbonyl (C=O) groups excluding carboxylic acids is 1. The van der Waals surface area contributed by atoms with Crippen molar-refractivity contribution >= 4 is 23.0 Å². The Morgan fingerprint density at radius 1 is 1.00 bits per heavy atom. The third kappa shape index (κ3) is 4.51. The van der Waals surface area contributed by atoms with Crippen molar-refractivity contribution in [3.63, 3.8) is 0 Å². The zero-order valence-electron chi connectivity index (χ0n) is 18.4. The van der Waals surface area contributed by atoms with Crippen molar-refractivity contribution in [2.75, 3.05) is 24.7 Å². The second kappa shape index (κ2) is 9.42. The highest BCUT2D eigenvalue weighted by Gasteiger charge is 2.22. The van der Waals surface area contributed by atoms with Crippen LogP contribution in [0.4, 0.5) is 17.1 Å². The standard InChI is InChI=1S/C23H27N5O4/c1-5-16(14-9-7-6-8-10-14)24-18-19(22(31)27-26-21(18)30)25-17-13(2)11-12-15(20(17)29)23(32)28(3)4/h6-12,16,29H,5H2,1-4H3,(H2,24,27,31)(H2,25,26,30). The molecule has 1 amide bonds. The first-order valence-electron chi connectivity index (χ1n) is 10.2. The summed E-state index contributed by atoms with van der Waals surface area (Å²) in [6.45, 7) is 3.69. The Balaban J connectivity index is 2.08. The Morgan fingerprint density at radius 3 is 2.22 bits per heavy atom. The minimum Gasteiger partial charge on any atom is -0.505 e. The molecule has 0 fully saturated rings. The Kier molecular flexibility index (Phi) is 6.67. The van der Waals surface area contributed by atoms with Gasteiger partial charge in [-0.1, -0.05) is 43.3 Å². The molecule has 3 rings (SSSR count). The fourth-order valence-corrected chi connectivity index (χ4v) is 3.39. The summed E-state index contributed by atoms with van der Waals surface area (Å²) in [5, 5.41) is 21.5. The number of aromatic nitrogens is 2. The van der Waals surface area contributed by atoms with Gasteiger partial charge in [-0.05, 0) is 30.5 Å². The first-order chi connectivity index (χ1) is 15.2. The fraction of sp³-hybridized carbons (Fsp3) is 0.261. The van der Waals surface area contributed by atoms with Crippen molar-refractivity contribution in [2.45, 2.75) is 26.3 Å². The van der Waals surface area contributed by atoms with Crippen molar-refractivity contribution < 1.29 is 9.90 Å². The molecule has 0 bridgehead atoms. The van der Waals surface area contributed by atoms with E-state index < -0.39 is 11.1 Å². The van der Waals surface area contributed by atoms with E-state index >= 15 is 0 Å². The third-order valence-corrected chi connectivity index (χ3v) is 5.20. The molecule has 9 nitrogen and oxygen atoms in total. The van der Waals surface area contributed by atoms with E-state index in [2.05, 4.69) is 20.8 Å². The molecule has 0 saturated carbocycles. The lowest BCUT2D eigenvalue weighted by atomic mass is 10.0. The number of rotatable bonds is 7. The molecule has 1 atom stereocenters. The molecule has 9 heteroatoms. The van der Waals surface area contributed by atoms with Crippen molar-refractivity contribution in [1.29, 1.82) is 0 Å². The molecule has 168 valence electrons. The van der Waals surface area contributed by atoms with Crippen molar-refractivity contribution in [2.24, 2.45) is 0 Å². The van der Waals surface area contributed by atoms with E-state index in [1.54, 1.807) is 27.1 Å². The average molecular weight is 438 g/mol. The number of phenolic OH excluding ortho intramolecular Hbond substituents is 1. The van der Waals surface area contributed by atoms with Crippen LogP contribution < -0.4 is 21.8 Å². The Morgan fingerprint density at radius 2 is 1.62 bits per heavy atom. The first-order valence-corrected chi connectivity index (χ1v) is 10.2. The maximum Gasteiger partial charge on any atom is 0.288 e. The molecule has 32 heavy (non-hydrogen) atoms.